The van der Waals surface area contributed by atoms with Gasteiger partial charge in [0.15, 0.2) is 0 Å². The van der Waals surface area contributed by atoms with Crippen LogP contribution in [0.2, 0.25) is 0 Å². The highest BCUT2D eigenvalue weighted by molar-refractivity contribution is 6.02. The number of rotatable bonds is 3. The molecule has 0 N–H and O–H groups in total. The Balaban J connectivity index is 0.000000244. The highest BCUT2D eigenvalue weighted by Crippen LogP contribution is 2.25. The average molecular weight is 347 g/mol. The molecular weight excluding hydrogens is 330 g/mol. The Bertz CT molecular complexity index is 941. The summed E-state index contributed by atoms with van der Waals surface area (Å²) in [5.41, 5.74) is 3.43. The topological polar surface area (TPSA) is 71.4 Å². The molecule has 0 spiro atoms. The van der Waals surface area contributed by atoms with E-state index in [9.17, 15) is 10.5 Å². The molecule has 0 aliphatic rings. The van der Waals surface area contributed by atoms with Crippen molar-refractivity contribution in [2.45, 2.75) is 6.42 Å². The molecule has 0 radical (unpaired) electrons. The Morgan fingerprint density at radius 2 is 0.926 bits per heavy atom. The van der Waals surface area contributed by atoms with E-state index in [1.54, 1.807) is 0 Å². The maximum Gasteiger partial charge on any atom is 0.101 e. The smallest absolute Gasteiger partial charge is 0.101 e. The van der Waals surface area contributed by atoms with Gasteiger partial charge in [-0.05, 0) is 16.7 Å². The van der Waals surface area contributed by atoms with Crippen LogP contribution in [0.4, 0.5) is 0 Å². The van der Waals surface area contributed by atoms with Gasteiger partial charge in [-0.3, -0.25) is 0 Å². The van der Waals surface area contributed by atoms with E-state index in [0.717, 1.165) is 16.7 Å². The predicted octanol–water partition coefficient (Wildman–Crippen LogP) is 5.40. The summed E-state index contributed by atoms with van der Waals surface area (Å²) < 4.78 is 0. The summed E-state index contributed by atoms with van der Waals surface area (Å²) in [7, 11) is 0. The lowest BCUT2D eigenvalue weighted by molar-refractivity contribution is 1.26. The van der Waals surface area contributed by atoms with Gasteiger partial charge in [0, 0.05) is 0 Å². The van der Waals surface area contributed by atoms with Crippen LogP contribution in [0.25, 0.3) is 11.1 Å². The molecule has 0 aliphatic heterocycles. The van der Waals surface area contributed by atoms with Crippen molar-refractivity contribution in [1.29, 1.82) is 15.8 Å². The minimum Gasteiger partial charge on any atom is -0.198 e. The van der Waals surface area contributed by atoms with Crippen LogP contribution in [0.15, 0.2) is 91.0 Å². The normalized spacial score (nSPS) is 10.1. The third-order valence-corrected chi connectivity index (χ3v) is 3.72. The summed E-state index contributed by atoms with van der Waals surface area (Å²) >= 11 is 0. The van der Waals surface area contributed by atoms with Gasteiger partial charge in [-0.1, -0.05) is 91.0 Å². The summed E-state index contributed by atoms with van der Waals surface area (Å²) in [5, 5.41) is 26.8. The zero-order valence-electron chi connectivity index (χ0n) is 14.7. The Labute approximate surface area is 159 Å². The zero-order chi connectivity index (χ0) is 19.3. The maximum atomic E-state index is 9.28. The van der Waals surface area contributed by atoms with E-state index in [0.29, 0.717) is 17.6 Å². The van der Waals surface area contributed by atoms with Crippen LogP contribution in [0, 0.1) is 34.0 Å². The van der Waals surface area contributed by atoms with E-state index in [2.05, 4.69) is 18.2 Å². The fourth-order valence-electron chi connectivity index (χ4n) is 2.43. The van der Waals surface area contributed by atoms with Gasteiger partial charge in [-0.2, -0.15) is 15.8 Å². The molecule has 3 heteroatoms. The third-order valence-electron chi connectivity index (χ3n) is 3.72. The molecule has 0 saturated heterocycles. The first kappa shape index (κ1) is 19.2. The number of hydrogen-bond acceptors (Lipinski definition) is 3. The van der Waals surface area contributed by atoms with Crippen molar-refractivity contribution in [3.63, 3.8) is 0 Å². The fourth-order valence-corrected chi connectivity index (χ4v) is 2.43. The number of nitrogens with zero attached hydrogens (tertiary/aromatic N) is 3. The van der Waals surface area contributed by atoms with Gasteiger partial charge in [0.2, 0.25) is 0 Å². The summed E-state index contributed by atoms with van der Waals surface area (Å²) in [6, 6.07) is 34.6. The average Bonchev–Trinajstić information content (AvgIpc) is 2.74. The van der Waals surface area contributed by atoms with Crippen molar-refractivity contribution in [2.75, 3.05) is 0 Å². The predicted molar refractivity (Wildman–Crippen MR) is 107 cm³/mol. The molecule has 27 heavy (non-hydrogen) atoms. The zero-order valence-corrected chi connectivity index (χ0v) is 14.7. The Hall–Kier alpha value is -4.13. The van der Waals surface area contributed by atoms with Crippen molar-refractivity contribution in [2.24, 2.45) is 0 Å². The largest absolute Gasteiger partial charge is 0.198 e. The lowest BCUT2D eigenvalue weighted by atomic mass is 9.96. The molecule has 0 aliphatic carbocycles. The lowest BCUT2D eigenvalue weighted by Gasteiger charge is -2.03. The quantitative estimate of drug-likeness (QED) is 0.470. The first-order valence-corrected chi connectivity index (χ1v) is 8.36. The second-order valence-corrected chi connectivity index (χ2v) is 5.53. The molecular formula is C24H17N3. The van der Waals surface area contributed by atoms with Gasteiger partial charge in [-0.15, -0.1) is 0 Å². The van der Waals surface area contributed by atoms with Crippen molar-refractivity contribution in [3.05, 3.63) is 108 Å². The van der Waals surface area contributed by atoms with Crippen LogP contribution in [-0.4, -0.2) is 0 Å². The second kappa shape index (κ2) is 10.7. The number of hydrogen-bond donors (Lipinski definition) is 0. The third kappa shape index (κ3) is 5.71. The summed E-state index contributed by atoms with van der Waals surface area (Å²) in [4.78, 5) is 0. The molecule has 0 fully saturated rings. The van der Waals surface area contributed by atoms with E-state index in [4.69, 9.17) is 5.26 Å². The van der Waals surface area contributed by atoms with Gasteiger partial charge < -0.3 is 0 Å². The molecule has 3 nitrogen and oxygen atoms in total. The summed E-state index contributed by atoms with van der Waals surface area (Å²) in [6.07, 6.45) is 0.515. The van der Waals surface area contributed by atoms with Crippen LogP contribution < -0.4 is 0 Å². The Morgan fingerprint density at radius 1 is 0.556 bits per heavy atom. The standard InChI is InChI=1S/C16H10N2.C8H7N/c17-11-15(13-7-3-1-4-8-13)16(12-18)14-9-5-2-6-10-14;9-7-6-8-4-2-1-3-5-8/h1-10H;1-5H,6H2/b16-15-;. The molecule has 0 saturated carbocycles. The van der Waals surface area contributed by atoms with Crippen molar-refractivity contribution in [1.82, 2.24) is 0 Å². The molecule has 3 aromatic rings. The van der Waals surface area contributed by atoms with Crippen molar-refractivity contribution in [3.8, 4) is 18.2 Å². The van der Waals surface area contributed by atoms with Crippen LogP contribution >= 0.6 is 0 Å². The Morgan fingerprint density at radius 3 is 1.26 bits per heavy atom. The monoisotopic (exact) mass is 347 g/mol. The lowest BCUT2D eigenvalue weighted by Crippen LogP contribution is -1.88. The molecule has 0 heterocycles. The highest BCUT2D eigenvalue weighted by Gasteiger charge is 2.10. The molecule has 3 aromatic carbocycles. The summed E-state index contributed by atoms with van der Waals surface area (Å²) in [5.74, 6) is 0. The first-order valence-electron chi connectivity index (χ1n) is 8.36. The van der Waals surface area contributed by atoms with E-state index < -0.39 is 0 Å². The highest BCUT2D eigenvalue weighted by atomic mass is 14.3. The molecule has 0 unspecified atom stereocenters. The number of allylic oxidation sites excluding steroid dienone is 2. The van der Waals surface area contributed by atoms with E-state index >= 15 is 0 Å². The van der Waals surface area contributed by atoms with Gasteiger partial charge >= 0.3 is 0 Å². The molecule has 0 bridgehead atoms. The van der Waals surface area contributed by atoms with Gasteiger partial charge in [0.25, 0.3) is 0 Å². The van der Waals surface area contributed by atoms with Crippen LogP contribution in [-0.2, 0) is 6.42 Å². The molecule has 0 amide bonds. The van der Waals surface area contributed by atoms with E-state index in [1.165, 1.54) is 0 Å². The van der Waals surface area contributed by atoms with E-state index in [1.807, 2.05) is 91.0 Å². The van der Waals surface area contributed by atoms with Crippen molar-refractivity contribution >= 4 is 11.1 Å². The van der Waals surface area contributed by atoms with Crippen molar-refractivity contribution < 1.29 is 0 Å². The maximum absolute atomic E-state index is 9.28. The fraction of sp³-hybridized carbons (Fsp3) is 0.0417. The Kier molecular flexibility index (Phi) is 7.59. The molecule has 0 atom stereocenters. The van der Waals surface area contributed by atoms with Crippen LogP contribution in [0.1, 0.15) is 16.7 Å². The second-order valence-electron chi connectivity index (χ2n) is 5.53. The minimum atomic E-state index is 0.407. The SMILES string of the molecule is N#C/C(=C(\C#N)c1ccccc1)c1ccccc1.N#CCc1ccccc1. The first-order chi connectivity index (χ1) is 13.3. The minimum absolute atomic E-state index is 0.407. The summed E-state index contributed by atoms with van der Waals surface area (Å²) in [6.45, 7) is 0. The molecule has 0 aromatic heterocycles. The van der Waals surface area contributed by atoms with Gasteiger partial charge in [0.1, 0.15) is 12.1 Å². The number of nitriles is 3. The van der Waals surface area contributed by atoms with Crippen LogP contribution in [0.3, 0.4) is 0 Å². The number of benzene rings is 3. The molecule has 128 valence electrons. The van der Waals surface area contributed by atoms with E-state index in [-0.39, 0.29) is 0 Å². The molecule has 3 rings (SSSR count). The van der Waals surface area contributed by atoms with Gasteiger partial charge in [0.05, 0.1) is 23.6 Å². The van der Waals surface area contributed by atoms with Crippen LogP contribution in [0.5, 0.6) is 0 Å². The van der Waals surface area contributed by atoms with Gasteiger partial charge in [-0.25, -0.2) is 0 Å².